The summed E-state index contributed by atoms with van der Waals surface area (Å²) in [7, 11) is 0. The van der Waals surface area contributed by atoms with E-state index < -0.39 is 0 Å². The lowest BCUT2D eigenvalue weighted by Crippen LogP contribution is -2.24. The maximum atomic E-state index is 12.5. The average Bonchev–Trinajstić information content (AvgIpc) is 2.94. The maximum absolute atomic E-state index is 12.5. The Morgan fingerprint density at radius 3 is 3.10 bits per heavy atom. The van der Waals surface area contributed by atoms with E-state index in [9.17, 15) is 4.79 Å². The molecule has 1 aliphatic rings. The Bertz CT molecular complexity index is 626. The highest BCUT2D eigenvalue weighted by molar-refractivity contribution is 7.14. The van der Waals surface area contributed by atoms with Crippen molar-refractivity contribution in [2.45, 2.75) is 31.1 Å². The van der Waals surface area contributed by atoms with E-state index in [4.69, 9.17) is 11.6 Å². The predicted octanol–water partition coefficient (Wildman–Crippen LogP) is 3.94. The smallest absolute Gasteiger partial charge is 0.233 e. The zero-order valence-corrected chi connectivity index (χ0v) is 12.5. The Kier molecular flexibility index (Phi) is 4.03. The predicted molar refractivity (Wildman–Crippen MR) is 82.4 cm³/mol. The number of halogens is 1. The van der Waals surface area contributed by atoms with Crippen LogP contribution in [0.3, 0.4) is 0 Å². The van der Waals surface area contributed by atoms with E-state index in [1.807, 2.05) is 17.5 Å². The number of aryl methyl sites for hydroxylation is 1. The molecule has 104 valence electrons. The molecule has 0 fully saturated rings. The van der Waals surface area contributed by atoms with Crippen LogP contribution in [0.15, 0.2) is 29.6 Å². The first-order chi connectivity index (χ1) is 9.78. The van der Waals surface area contributed by atoms with Crippen LogP contribution in [0, 0.1) is 0 Å². The van der Waals surface area contributed by atoms with Crippen LogP contribution in [0.5, 0.6) is 0 Å². The number of hydrogen-bond donors (Lipinski definition) is 1. The highest BCUT2D eigenvalue weighted by Gasteiger charge is 2.26. The van der Waals surface area contributed by atoms with E-state index >= 15 is 0 Å². The quantitative estimate of drug-likeness (QED) is 0.873. The topological polar surface area (TPSA) is 42.0 Å². The molecule has 0 spiro atoms. The summed E-state index contributed by atoms with van der Waals surface area (Å²) in [5.74, 6) is 0.342. The molecule has 2 aromatic rings. The minimum atomic E-state index is -0.0664. The number of amides is 1. The number of rotatable bonds is 3. The van der Waals surface area contributed by atoms with Crippen LogP contribution >= 0.6 is 22.9 Å². The van der Waals surface area contributed by atoms with Crippen LogP contribution < -0.4 is 5.32 Å². The first-order valence-electron chi connectivity index (χ1n) is 6.67. The molecular weight excluding hydrogens is 292 g/mol. The van der Waals surface area contributed by atoms with Gasteiger partial charge >= 0.3 is 0 Å². The standard InChI is InChI=1S/C15H15ClN2OS/c16-8-11-9-20-15(17-11)18-14(19)13-7-3-5-10-4-1-2-6-12(10)13/h1-2,4,6,9,13H,3,5,7-8H2,(H,17,18,19). The molecule has 0 radical (unpaired) electrons. The number of carbonyl (C=O) groups excluding carboxylic acids is 1. The number of thiazole rings is 1. The van der Waals surface area contributed by atoms with Gasteiger partial charge in [0.25, 0.3) is 0 Å². The van der Waals surface area contributed by atoms with Crippen molar-refractivity contribution in [1.29, 1.82) is 0 Å². The Morgan fingerprint density at radius 2 is 2.30 bits per heavy atom. The van der Waals surface area contributed by atoms with Gasteiger partial charge in [-0.2, -0.15) is 0 Å². The summed E-state index contributed by atoms with van der Waals surface area (Å²) in [4.78, 5) is 16.7. The lowest BCUT2D eigenvalue weighted by Gasteiger charge is -2.24. The number of carbonyl (C=O) groups is 1. The van der Waals surface area contributed by atoms with Crippen LogP contribution in [-0.4, -0.2) is 10.9 Å². The van der Waals surface area contributed by atoms with Gasteiger partial charge in [0, 0.05) is 5.38 Å². The van der Waals surface area contributed by atoms with E-state index in [0.717, 1.165) is 30.5 Å². The summed E-state index contributed by atoms with van der Waals surface area (Å²) in [5.41, 5.74) is 3.25. The molecular formula is C15H15ClN2OS. The van der Waals surface area contributed by atoms with Crippen molar-refractivity contribution in [2.24, 2.45) is 0 Å². The molecule has 1 aromatic carbocycles. The van der Waals surface area contributed by atoms with Gasteiger partial charge in [-0.1, -0.05) is 24.3 Å². The molecule has 1 aromatic heterocycles. The van der Waals surface area contributed by atoms with Crippen molar-refractivity contribution >= 4 is 34.0 Å². The number of benzene rings is 1. The van der Waals surface area contributed by atoms with E-state index in [2.05, 4.69) is 22.4 Å². The van der Waals surface area contributed by atoms with Gasteiger partial charge in [0.15, 0.2) is 5.13 Å². The Morgan fingerprint density at radius 1 is 1.45 bits per heavy atom. The van der Waals surface area contributed by atoms with Crippen molar-refractivity contribution in [3.05, 3.63) is 46.5 Å². The number of nitrogens with one attached hydrogen (secondary N) is 1. The fraction of sp³-hybridized carbons (Fsp3) is 0.333. The zero-order chi connectivity index (χ0) is 13.9. The molecule has 0 saturated heterocycles. The number of alkyl halides is 1. The van der Waals surface area contributed by atoms with Gasteiger partial charge in [0.1, 0.15) is 0 Å². The fourth-order valence-corrected chi connectivity index (χ4v) is 3.59. The average molecular weight is 307 g/mol. The third-order valence-corrected chi connectivity index (χ3v) is 4.69. The second kappa shape index (κ2) is 5.94. The molecule has 20 heavy (non-hydrogen) atoms. The highest BCUT2D eigenvalue weighted by Crippen LogP contribution is 2.32. The molecule has 1 aliphatic carbocycles. The molecule has 1 unspecified atom stereocenters. The molecule has 1 atom stereocenters. The largest absolute Gasteiger partial charge is 0.301 e. The molecule has 0 aliphatic heterocycles. The first kappa shape index (κ1) is 13.6. The highest BCUT2D eigenvalue weighted by atomic mass is 35.5. The maximum Gasteiger partial charge on any atom is 0.233 e. The first-order valence-corrected chi connectivity index (χ1v) is 8.08. The van der Waals surface area contributed by atoms with Crippen molar-refractivity contribution in [3.63, 3.8) is 0 Å². The second-order valence-electron chi connectivity index (χ2n) is 4.91. The van der Waals surface area contributed by atoms with Crippen LogP contribution in [-0.2, 0) is 17.1 Å². The van der Waals surface area contributed by atoms with Crippen molar-refractivity contribution in [2.75, 3.05) is 5.32 Å². The minimum absolute atomic E-state index is 0.0348. The van der Waals surface area contributed by atoms with E-state index in [1.54, 1.807) is 0 Å². The van der Waals surface area contributed by atoms with Gasteiger partial charge < -0.3 is 5.32 Å². The van der Waals surface area contributed by atoms with Crippen LogP contribution in [0.4, 0.5) is 5.13 Å². The molecule has 1 heterocycles. The second-order valence-corrected chi connectivity index (χ2v) is 6.04. The lowest BCUT2D eigenvalue weighted by molar-refractivity contribution is -0.117. The van der Waals surface area contributed by atoms with Gasteiger partial charge in [0.05, 0.1) is 17.5 Å². The summed E-state index contributed by atoms with van der Waals surface area (Å²) in [6, 6.07) is 8.21. The van der Waals surface area contributed by atoms with E-state index in [-0.39, 0.29) is 11.8 Å². The lowest BCUT2D eigenvalue weighted by atomic mass is 9.82. The molecule has 1 amide bonds. The normalized spacial score (nSPS) is 17.6. The molecule has 1 N–H and O–H groups in total. The van der Waals surface area contributed by atoms with E-state index in [0.29, 0.717) is 11.0 Å². The molecule has 0 bridgehead atoms. The summed E-state index contributed by atoms with van der Waals surface area (Å²) in [5, 5.41) is 5.42. The molecule has 3 nitrogen and oxygen atoms in total. The zero-order valence-electron chi connectivity index (χ0n) is 10.9. The Balaban J connectivity index is 1.78. The summed E-state index contributed by atoms with van der Waals surface area (Å²) >= 11 is 7.14. The number of hydrogen-bond acceptors (Lipinski definition) is 3. The summed E-state index contributed by atoms with van der Waals surface area (Å²) in [6.45, 7) is 0. The summed E-state index contributed by atoms with van der Waals surface area (Å²) < 4.78 is 0. The molecule has 3 rings (SSSR count). The Labute approximate surface area is 127 Å². The van der Waals surface area contributed by atoms with Crippen LogP contribution in [0.2, 0.25) is 0 Å². The van der Waals surface area contributed by atoms with E-state index in [1.165, 1.54) is 16.9 Å². The van der Waals surface area contributed by atoms with Gasteiger partial charge in [0.2, 0.25) is 5.91 Å². The molecule has 0 saturated carbocycles. The summed E-state index contributed by atoms with van der Waals surface area (Å²) in [6.07, 6.45) is 3.02. The number of nitrogens with zero attached hydrogens (tertiary/aromatic N) is 1. The van der Waals surface area contributed by atoms with Gasteiger partial charge in [-0.15, -0.1) is 22.9 Å². The Hall–Kier alpha value is -1.39. The minimum Gasteiger partial charge on any atom is -0.301 e. The fourth-order valence-electron chi connectivity index (χ4n) is 2.64. The van der Waals surface area contributed by atoms with Crippen molar-refractivity contribution in [3.8, 4) is 0 Å². The third kappa shape index (κ3) is 2.72. The third-order valence-electron chi connectivity index (χ3n) is 3.60. The molecule has 5 heteroatoms. The van der Waals surface area contributed by atoms with Crippen molar-refractivity contribution < 1.29 is 4.79 Å². The van der Waals surface area contributed by atoms with Gasteiger partial charge in [-0.3, -0.25) is 4.79 Å². The number of aromatic nitrogens is 1. The SMILES string of the molecule is O=C(Nc1nc(CCl)cs1)C1CCCc2ccccc21. The number of anilines is 1. The van der Waals surface area contributed by atoms with Gasteiger partial charge in [-0.25, -0.2) is 4.98 Å². The van der Waals surface area contributed by atoms with Crippen LogP contribution in [0.1, 0.15) is 35.6 Å². The van der Waals surface area contributed by atoms with Gasteiger partial charge in [-0.05, 0) is 30.4 Å². The van der Waals surface area contributed by atoms with Crippen molar-refractivity contribution in [1.82, 2.24) is 4.98 Å². The monoisotopic (exact) mass is 306 g/mol. The van der Waals surface area contributed by atoms with Crippen LogP contribution in [0.25, 0.3) is 0 Å². The number of fused-ring (bicyclic) bond motifs is 1.